The predicted molar refractivity (Wildman–Crippen MR) is 94.7 cm³/mol. The molecule has 0 saturated carbocycles. The molecule has 1 aromatic heterocycles. The van der Waals surface area contributed by atoms with Gasteiger partial charge in [-0.25, -0.2) is 4.98 Å². The van der Waals surface area contributed by atoms with Crippen LogP contribution in [0.2, 0.25) is 10.0 Å². The van der Waals surface area contributed by atoms with Crippen molar-refractivity contribution < 1.29 is 0 Å². The smallest absolute Gasteiger partial charge is 0.183 e. The van der Waals surface area contributed by atoms with Crippen LogP contribution >= 0.6 is 23.2 Å². The van der Waals surface area contributed by atoms with Crippen molar-refractivity contribution in [3.8, 4) is 34.8 Å². The minimum absolute atomic E-state index is 0.229. The van der Waals surface area contributed by atoms with Gasteiger partial charge in [0.25, 0.3) is 0 Å². The number of nitriles is 2. The Morgan fingerprint density at radius 1 is 0.920 bits per heavy atom. The molecule has 0 spiro atoms. The molecule has 0 unspecified atom stereocenters. The van der Waals surface area contributed by atoms with Crippen LogP contribution in [0.15, 0.2) is 48.5 Å². The third kappa shape index (κ3) is 3.44. The van der Waals surface area contributed by atoms with E-state index in [-0.39, 0.29) is 11.5 Å². The summed E-state index contributed by atoms with van der Waals surface area (Å²) in [5.74, 6) is -0.845. The fourth-order valence-electron chi connectivity index (χ4n) is 2.28. The summed E-state index contributed by atoms with van der Waals surface area (Å²) >= 11 is 12.1. The highest BCUT2D eigenvalue weighted by molar-refractivity contribution is 6.36. The Morgan fingerprint density at radius 2 is 1.64 bits per heavy atom. The quantitative estimate of drug-likeness (QED) is 0.674. The fraction of sp³-hybridized carbons (Fsp3) is 0.0556. The van der Waals surface area contributed by atoms with Gasteiger partial charge in [-0.2, -0.15) is 10.5 Å². The van der Waals surface area contributed by atoms with Crippen molar-refractivity contribution in [3.63, 3.8) is 0 Å². The van der Waals surface area contributed by atoms with Crippen LogP contribution in [0.4, 0.5) is 0 Å². The lowest BCUT2D eigenvalue weighted by atomic mass is 10.0. The van der Waals surface area contributed by atoms with Crippen LogP contribution in [0.1, 0.15) is 11.6 Å². The molecular formula is C18H9Cl2N5. The molecule has 5 nitrogen and oxygen atoms in total. The lowest BCUT2D eigenvalue weighted by molar-refractivity contribution is 0.910. The molecule has 0 aliphatic heterocycles. The molecule has 2 aromatic carbocycles. The van der Waals surface area contributed by atoms with Gasteiger partial charge in [-0.15, -0.1) is 10.2 Å². The Balaban J connectivity index is 2.21. The number of nitrogens with zero attached hydrogens (tertiary/aromatic N) is 5. The Bertz CT molecular complexity index is 992. The molecule has 0 bridgehead atoms. The van der Waals surface area contributed by atoms with Crippen LogP contribution in [0.5, 0.6) is 0 Å². The molecule has 3 rings (SSSR count). The molecule has 7 heteroatoms. The van der Waals surface area contributed by atoms with Crippen molar-refractivity contribution in [1.29, 1.82) is 10.5 Å². The molecular weight excluding hydrogens is 357 g/mol. The zero-order valence-electron chi connectivity index (χ0n) is 12.7. The van der Waals surface area contributed by atoms with Crippen molar-refractivity contribution in [2.75, 3.05) is 0 Å². The van der Waals surface area contributed by atoms with E-state index in [1.807, 2.05) is 42.5 Å². The SMILES string of the molecule is N#CC(C#N)c1nc(-c2ccc(Cl)cc2Cl)nnc1-c1ccccc1. The van der Waals surface area contributed by atoms with Gasteiger partial charge in [-0.05, 0) is 18.2 Å². The van der Waals surface area contributed by atoms with E-state index in [1.165, 1.54) is 0 Å². The molecule has 3 aromatic rings. The second-order valence-electron chi connectivity index (χ2n) is 5.05. The summed E-state index contributed by atoms with van der Waals surface area (Å²) in [6, 6.07) is 17.9. The van der Waals surface area contributed by atoms with Crippen molar-refractivity contribution in [2.24, 2.45) is 0 Å². The van der Waals surface area contributed by atoms with Gasteiger partial charge in [-0.1, -0.05) is 53.5 Å². The largest absolute Gasteiger partial charge is 0.227 e. The first-order valence-electron chi connectivity index (χ1n) is 7.18. The summed E-state index contributed by atoms with van der Waals surface area (Å²) in [5.41, 5.74) is 1.88. The highest BCUT2D eigenvalue weighted by Gasteiger charge is 2.21. The highest BCUT2D eigenvalue weighted by Crippen LogP contribution is 2.31. The van der Waals surface area contributed by atoms with E-state index in [2.05, 4.69) is 15.2 Å². The minimum atomic E-state index is -1.07. The van der Waals surface area contributed by atoms with Crippen molar-refractivity contribution in [1.82, 2.24) is 15.2 Å². The van der Waals surface area contributed by atoms with Gasteiger partial charge in [0.05, 0.1) is 17.2 Å². The molecule has 25 heavy (non-hydrogen) atoms. The van der Waals surface area contributed by atoms with Crippen LogP contribution in [-0.2, 0) is 0 Å². The van der Waals surface area contributed by atoms with Crippen LogP contribution in [0, 0.1) is 22.7 Å². The Hall–Kier alpha value is -2.99. The van der Waals surface area contributed by atoms with E-state index >= 15 is 0 Å². The summed E-state index contributed by atoms with van der Waals surface area (Å²) in [6.07, 6.45) is 0. The summed E-state index contributed by atoms with van der Waals surface area (Å²) < 4.78 is 0. The summed E-state index contributed by atoms with van der Waals surface area (Å²) in [5, 5.41) is 27.8. The Labute approximate surface area is 154 Å². The third-order valence-electron chi connectivity index (χ3n) is 3.46. The van der Waals surface area contributed by atoms with Crippen LogP contribution in [-0.4, -0.2) is 15.2 Å². The fourth-order valence-corrected chi connectivity index (χ4v) is 2.77. The maximum absolute atomic E-state index is 9.30. The Morgan fingerprint density at radius 3 is 2.28 bits per heavy atom. The van der Waals surface area contributed by atoms with Gasteiger partial charge in [0.1, 0.15) is 11.4 Å². The number of halogens is 2. The first-order chi connectivity index (χ1) is 12.1. The molecule has 0 amide bonds. The molecule has 0 N–H and O–H groups in total. The molecule has 0 radical (unpaired) electrons. The topological polar surface area (TPSA) is 86.2 Å². The first kappa shape index (κ1) is 16.9. The number of hydrogen-bond donors (Lipinski definition) is 0. The van der Waals surface area contributed by atoms with E-state index in [0.717, 1.165) is 5.56 Å². The zero-order valence-corrected chi connectivity index (χ0v) is 14.2. The van der Waals surface area contributed by atoms with Gasteiger partial charge in [0.2, 0.25) is 0 Å². The van der Waals surface area contributed by atoms with Gasteiger partial charge in [0, 0.05) is 16.1 Å². The van der Waals surface area contributed by atoms with Crippen molar-refractivity contribution in [2.45, 2.75) is 5.92 Å². The van der Waals surface area contributed by atoms with Gasteiger partial charge >= 0.3 is 0 Å². The lowest BCUT2D eigenvalue weighted by Crippen LogP contribution is -2.06. The average molecular weight is 366 g/mol. The standard InChI is InChI=1S/C18H9Cl2N5/c19-13-6-7-14(15(20)8-13)18-23-16(12(9-21)10-22)17(24-25-18)11-4-2-1-3-5-11/h1-8,12H. The van der Waals surface area contributed by atoms with Crippen LogP contribution in [0.25, 0.3) is 22.6 Å². The number of benzene rings is 2. The average Bonchev–Trinajstić information content (AvgIpc) is 2.63. The molecule has 120 valence electrons. The normalized spacial score (nSPS) is 10.3. The molecule has 0 fully saturated rings. The second-order valence-corrected chi connectivity index (χ2v) is 5.89. The van der Waals surface area contributed by atoms with E-state index in [9.17, 15) is 10.5 Å². The lowest BCUT2D eigenvalue weighted by Gasteiger charge is -2.10. The number of rotatable bonds is 3. The molecule has 0 saturated heterocycles. The number of aromatic nitrogens is 3. The molecule has 0 aliphatic carbocycles. The summed E-state index contributed by atoms with van der Waals surface area (Å²) in [4.78, 5) is 4.41. The predicted octanol–water partition coefficient (Wildman–Crippen LogP) is 4.64. The number of hydrogen-bond acceptors (Lipinski definition) is 5. The second kappa shape index (κ2) is 7.27. The summed E-state index contributed by atoms with van der Waals surface area (Å²) in [6.45, 7) is 0. The minimum Gasteiger partial charge on any atom is -0.227 e. The molecule has 0 atom stereocenters. The van der Waals surface area contributed by atoms with E-state index < -0.39 is 5.92 Å². The van der Waals surface area contributed by atoms with Gasteiger partial charge in [0.15, 0.2) is 11.7 Å². The van der Waals surface area contributed by atoms with Crippen LogP contribution in [0.3, 0.4) is 0 Å². The molecule has 1 heterocycles. The maximum atomic E-state index is 9.30. The first-order valence-corrected chi connectivity index (χ1v) is 7.94. The van der Waals surface area contributed by atoms with E-state index in [0.29, 0.717) is 21.3 Å². The maximum Gasteiger partial charge on any atom is 0.183 e. The van der Waals surface area contributed by atoms with E-state index in [1.54, 1.807) is 18.2 Å². The van der Waals surface area contributed by atoms with Crippen molar-refractivity contribution >= 4 is 23.2 Å². The summed E-state index contributed by atoms with van der Waals surface area (Å²) in [7, 11) is 0. The van der Waals surface area contributed by atoms with Gasteiger partial charge < -0.3 is 0 Å². The van der Waals surface area contributed by atoms with E-state index in [4.69, 9.17) is 23.2 Å². The third-order valence-corrected chi connectivity index (χ3v) is 4.01. The van der Waals surface area contributed by atoms with Gasteiger partial charge in [-0.3, -0.25) is 0 Å². The zero-order chi connectivity index (χ0) is 17.8. The molecule has 0 aliphatic rings. The van der Waals surface area contributed by atoms with Crippen molar-refractivity contribution in [3.05, 3.63) is 64.3 Å². The highest BCUT2D eigenvalue weighted by atomic mass is 35.5. The Kier molecular flexibility index (Phi) is 4.90. The monoisotopic (exact) mass is 365 g/mol. The van der Waals surface area contributed by atoms with Crippen LogP contribution < -0.4 is 0 Å².